The second kappa shape index (κ2) is 11.6. The highest BCUT2D eigenvalue weighted by molar-refractivity contribution is 6.11. The third kappa shape index (κ3) is 5.75. The van der Waals surface area contributed by atoms with E-state index in [1.807, 2.05) is 12.1 Å². The number of carbonyl (C=O) groups is 2. The topological polar surface area (TPSA) is 94.1 Å². The summed E-state index contributed by atoms with van der Waals surface area (Å²) >= 11 is 0. The van der Waals surface area contributed by atoms with Crippen molar-refractivity contribution in [3.05, 3.63) is 77.9 Å². The van der Waals surface area contributed by atoms with Crippen LogP contribution in [0.4, 0.5) is 17.1 Å². The molecule has 1 heterocycles. The number of hydrogen-bond acceptors (Lipinski definition) is 6. The number of ether oxygens (including phenoxy) is 1. The quantitative estimate of drug-likeness (QED) is 0.386. The van der Waals surface area contributed by atoms with Gasteiger partial charge in [-0.25, -0.2) is 0 Å². The number of nitrogens with one attached hydrogen (secondary N) is 2. The molecule has 3 aromatic carbocycles. The van der Waals surface area contributed by atoms with E-state index in [9.17, 15) is 14.7 Å². The lowest BCUT2D eigenvalue weighted by Gasteiger charge is -2.36. The molecule has 0 unspecified atom stereocenters. The monoisotopic (exact) mass is 514 g/mol. The molecule has 8 nitrogen and oxygen atoms in total. The summed E-state index contributed by atoms with van der Waals surface area (Å²) < 4.78 is 5.14. The van der Waals surface area contributed by atoms with Crippen molar-refractivity contribution in [2.45, 2.75) is 31.7 Å². The zero-order valence-corrected chi connectivity index (χ0v) is 21.7. The maximum Gasteiger partial charge on any atom is 0.255 e. The highest BCUT2D eigenvalue weighted by Gasteiger charge is 2.26. The fourth-order valence-corrected chi connectivity index (χ4v) is 5.03. The van der Waals surface area contributed by atoms with Gasteiger partial charge in [0, 0.05) is 49.0 Å². The minimum absolute atomic E-state index is 0.136. The molecule has 2 amide bonds. The number of phenols is 1. The maximum absolute atomic E-state index is 13.1. The molecule has 1 aliphatic heterocycles. The smallest absolute Gasteiger partial charge is 0.255 e. The Morgan fingerprint density at radius 3 is 2.16 bits per heavy atom. The zero-order valence-electron chi connectivity index (χ0n) is 21.7. The molecule has 0 aromatic heterocycles. The van der Waals surface area contributed by atoms with Gasteiger partial charge < -0.3 is 25.4 Å². The normalized spacial score (nSPS) is 16.3. The van der Waals surface area contributed by atoms with E-state index >= 15 is 0 Å². The Balaban J connectivity index is 1.24. The molecule has 198 valence electrons. The molecule has 1 saturated heterocycles. The van der Waals surface area contributed by atoms with E-state index < -0.39 is 0 Å². The van der Waals surface area contributed by atoms with E-state index in [1.165, 1.54) is 25.3 Å². The summed E-state index contributed by atoms with van der Waals surface area (Å²) in [4.78, 5) is 30.9. The molecule has 1 aliphatic carbocycles. The number of nitrogens with zero attached hydrogens (tertiary/aromatic N) is 2. The van der Waals surface area contributed by atoms with Crippen molar-refractivity contribution in [2.75, 3.05) is 48.8 Å². The molecule has 8 heteroatoms. The Morgan fingerprint density at radius 1 is 0.816 bits per heavy atom. The lowest BCUT2D eigenvalue weighted by molar-refractivity contribution is 0.101. The van der Waals surface area contributed by atoms with E-state index in [1.54, 1.807) is 55.6 Å². The lowest BCUT2D eigenvalue weighted by Crippen LogP contribution is -2.42. The molecule has 3 N–H and O–H groups in total. The van der Waals surface area contributed by atoms with Gasteiger partial charge in [-0.1, -0.05) is 12.5 Å². The van der Waals surface area contributed by atoms with Crippen molar-refractivity contribution in [3.63, 3.8) is 0 Å². The summed E-state index contributed by atoms with van der Waals surface area (Å²) in [5.41, 5.74) is 2.44. The van der Waals surface area contributed by atoms with Crippen LogP contribution in [-0.2, 0) is 0 Å². The summed E-state index contributed by atoms with van der Waals surface area (Å²) in [6.45, 7) is 4.21. The van der Waals surface area contributed by atoms with Crippen LogP contribution in [0.15, 0.2) is 66.7 Å². The van der Waals surface area contributed by atoms with E-state index in [0.29, 0.717) is 22.6 Å². The number of benzene rings is 3. The molecule has 0 spiro atoms. The van der Waals surface area contributed by atoms with Crippen LogP contribution in [0.1, 0.15) is 46.4 Å². The molecule has 2 fully saturated rings. The van der Waals surface area contributed by atoms with Crippen LogP contribution in [0.25, 0.3) is 0 Å². The molecular formula is C30H34N4O4. The second-order valence-electron chi connectivity index (χ2n) is 9.84. The Morgan fingerprint density at radius 2 is 1.50 bits per heavy atom. The lowest BCUT2D eigenvalue weighted by atomic mass is 9.91. The predicted molar refractivity (Wildman–Crippen MR) is 149 cm³/mol. The van der Waals surface area contributed by atoms with Gasteiger partial charge in [0.1, 0.15) is 17.2 Å². The third-order valence-electron chi connectivity index (χ3n) is 7.50. The van der Waals surface area contributed by atoms with Crippen LogP contribution in [0.3, 0.4) is 0 Å². The largest absolute Gasteiger partial charge is 0.506 e. The van der Waals surface area contributed by atoms with Crippen molar-refractivity contribution >= 4 is 28.9 Å². The highest BCUT2D eigenvalue weighted by Crippen LogP contribution is 2.33. The molecule has 0 radical (unpaired) electrons. The zero-order chi connectivity index (χ0) is 26.5. The summed E-state index contributed by atoms with van der Waals surface area (Å²) in [6, 6.07) is 19.7. The van der Waals surface area contributed by atoms with Crippen LogP contribution in [0.2, 0.25) is 0 Å². The van der Waals surface area contributed by atoms with E-state index in [2.05, 4.69) is 20.4 Å². The Kier molecular flexibility index (Phi) is 7.79. The standard InChI is InChI=1S/C30H34N4O4/c1-38-25-15-11-22(12-16-25)29(36)31-26-7-3-8-27(35)28(26)32-30(37)21-9-13-24(14-10-21)34-18-4-17-33(19-20-34)23-5-2-6-23/h3,7-16,23,35H,2,4-6,17-20H2,1H3,(H,31,36)(H,32,37). The van der Waals surface area contributed by atoms with Gasteiger partial charge in [0.2, 0.25) is 0 Å². The van der Waals surface area contributed by atoms with Crippen molar-refractivity contribution < 1.29 is 19.4 Å². The molecular weight excluding hydrogens is 480 g/mol. The number of rotatable bonds is 7. The fourth-order valence-electron chi connectivity index (χ4n) is 5.03. The van der Waals surface area contributed by atoms with Crippen LogP contribution in [-0.4, -0.2) is 61.2 Å². The molecule has 3 aromatic rings. The minimum atomic E-state index is -0.370. The van der Waals surface area contributed by atoms with Crippen molar-refractivity contribution in [1.29, 1.82) is 0 Å². The maximum atomic E-state index is 13.1. The van der Waals surface area contributed by atoms with Gasteiger partial charge in [-0.3, -0.25) is 14.5 Å². The number of aromatic hydroxyl groups is 1. The first-order valence-corrected chi connectivity index (χ1v) is 13.2. The fraction of sp³-hybridized carbons (Fsp3) is 0.333. The summed E-state index contributed by atoms with van der Waals surface area (Å²) in [7, 11) is 1.56. The minimum Gasteiger partial charge on any atom is -0.506 e. The molecule has 1 saturated carbocycles. The van der Waals surface area contributed by atoms with Gasteiger partial charge in [0.15, 0.2) is 0 Å². The SMILES string of the molecule is COc1ccc(C(=O)Nc2cccc(O)c2NC(=O)c2ccc(N3CCCN(C4CCC4)CC3)cc2)cc1. The van der Waals surface area contributed by atoms with Crippen LogP contribution < -0.4 is 20.3 Å². The van der Waals surface area contributed by atoms with E-state index in [-0.39, 0.29) is 23.3 Å². The summed E-state index contributed by atoms with van der Waals surface area (Å²) in [5, 5.41) is 16.0. The van der Waals surface area contributed by atoms with Gasteiger partial charge >= 0.3 is 0 Å². The van der Waals surface area contributed by atoms with Crippen molar-refractivity contribution in [3.8, 4) is 11.5 Å². The van der Waals surface area contributed by atoms with Gasteiger partial charge in [0.05, 0.1) is 12.8 Å². The Hall–Kier alpha value is -4.04. The number of methoxy groups -OCH3 is 1. The molecule has 2 aliphatic rings. The number of amides is 2. The average molecular weight is 515 g/mol. The molecule has 5 rings (SSSR count). The van der Waals surface area contributed by atoms with E-state index in [0.717, 1.165) is 44.3 Å². The van der Waals surface area contributed by atoms with E-state index in [4.69, 9.17) is 4.74 Å². The third-order valence-corrected chi connectivity index (χ3v) is 7.50. The van der Waals surface area contributed by atoms with Gasteiger partial charge in [-0.2, -0.15) is 0 Å². The first kappa shape index (κ1) is 25.6. The number of hydrogen-bond donors (Lipinski definition) is 3. The molecule has 0 bridgehead atoms. The second-order valence-corrected chi connectivity index (χ2v) is 9.84. The Labute approximate surface area is 223 Å². The number of phenolic OH excluding ortho intramolecular Hbond substituents is 1. The molecule has 38 heavy (non-hydrogen) atoms. The predicted octanol–water partition coefficient (Wildman–Crippen LogP) is 4.97. The van der Waals surface area contributed by atoms with Gasteiger partial charge in [-0.05, 0) is 79.9 Å². The van der Waals surface area contributed by atoms with Gasteiger partial charge in [-0.15, -0.1) is 0 Å². The summed E-state index contributed by atoms with van der Waals surface area (Å²) in [6.07, 6.45) is 5.14. The highest BCUT2D eigenvalue weighted by atomic mass is 16.5. The van der Waals surface area contributed by atoms with Crippen LogP contribution in [0, 0.1) is 0 Å². The van der Waals surface area contributed by atoms with Crippen molar-refractivity contribution in [1.82, 2.24) is 4.90 Å². The Bertz CT molecular complexity index is 1270. The number of carbonyl (C=O) groups excluding carboxylic acids is 2. The summed E-state index contributed by atoms with van der Waals surface area (Å²) in [5.74, 6) is -0.233. The number of anilines is 3. The van der Waals surface area contributed by atoms with Gasteiger partial charge in [0.25, 0.3) is 11.8 Å². The first-order valence-electron chi connectivity index (χ1n) is 13.2. The van der Waals surface area contributed by atoms with Crippen LogP contribution in [0.5, 0.6) is 11.5 Å². The molecule has 0 atom stereocenters. The van der Waals surface area contributed by atoms with Crippen molar-refractivity contribution in [2.24, 2.45) is 0 Å². The van der Waals surface area contributed by atoms with Crippen LogP contribution >= 0.6 is 0 Å². The first-order chi connectivity index (χ1) is 18.5. The number of para-hydroxylation sites is 1. The average Bonchev–Trinajstić information content (AvgIpc) is 3.16.